The molecule has 0 aliphatic rings. The third-order valence-corrected chi connectivity index (χ3v) is 7.03. The molecule has 2 aromatic carbocycles. The monoisotopic (exact) mass is 464 g/mol. The lowest BCUT2D eigenvalue weighted by molar-refractivity contribution is 0.324. The summed E-state index contributed by atoms with van der Waals surface area (Å²) in [4.78, 5) is 18.9. The molecule has 3 aromatic heterocycles. The number of ether oxygens (including phenoxy) is 1. The third kappa shape index (κ3) is 4.06. The van der Waals surface area contributed by atoms with Crippen LogP contribution in [0.4, 0.5) is 0 Å². The molecule has 0 atom stereocenters. The van der Waals surface area contributed by atoms with E-state index in [9.17, 15) is 9.90 Å². The first-order valence-electron chi connectivity index (χ1n) is 10.1. The number of aromatic nitrogens is 2. The number of hydrogen-bond acceptors (Lipinski definition) is 7. The van der Waals surface area contributed by atoms with Crippen LogP contribution < -0.4 is 9.61 Å². The van der Waals surface area contributed by atoms with Crippen LogP contribution in [-0.4, -0.2) is 21.7 Å². The summed E-state index contributed by atoms with van der Waals surface area (Å²) in [7, 11) is 0. The number of aromatic amines is 1. The molecule has 2 N–H and O–H groups in total. The zero-order valence-corrected chi connectivity index (χ0v) is 18.9. The highest BCUT2D eigenvalue weighted by Gasteiger charge is 2.15. The Balaban J connectivity index is 1.31. The van der Waals surface area contributed by atoms with Crippen molar-refractivity contribution in [1.82, 2.24) is 9.97 Å². The number of fused-ring (bicyclic) bond motifs is 1. The van der Waals surface area contributed by atoms with Crippen molar-refractivity contribution in [2.24, 2.45) is 0 Å². The van der Waals surface area contributed by atoms with Gasteiger partial charge in [0.15, 0.2) is 0 Å². The maximum absolute atomic E-state index is 11.5. The van der Waals surface area contributed by atoms with E-state index in [0.717, 1.165) is 49.8 Å². The minimum atomic E-state index is -0.252. The lowest BCUT2D eigenvalue weighted by Gasteiger charge is -2.09. The van der Waals surface area contributed by atoms with Gasteiger partial charge in [0, 0.05) is 18.4 Å². The smallest absolute Gasteiger partial charge is 0.307 e. The first-order valence-corrected chi connectivity index (χ1v) is 11.8. The summed E-state index contributed by atoms with van der Waals surface area (Å²) in [6, 6.07) is 15.8. The van der Waals surface area contributed by atoms with Crippen molar-refractivity contribution in [2.75, 3.05) is 6.61 Å². The van der Waals surface area contributed by atoms with Gasteiger partial charge in [0.25, 0.3) is 0 Å². The normalized spacial score (nSPS) is 11.3. The van der Waals surface area contributed by atoms with Crippen molar-refractivity contribution in [3.8, 4) is 23.1 Å². The van der Waals surface area contributed by atoms with Crippen LogP contribution in [0.2, 0.25) is 0 Å². The van der Waals surface area contributed by atoms with Crippen molar-refractivity contribution in [3.63, 3.8) is 0 Å². The van der Waals surface area contributed by atoms with Crippen LogP contribution >= 0.6 is 22.7 Å². The lowest BCUT2D eigenvalue weighted by Crippen LogP contribution is -2.03. The molecule has 0 aliphatic heterocycles. The summed E-state index contributed by atoms with van der Waals surface area (Å²) >= 11 is 2.64. The van der Waals surface area contributed by atoms with E-state index < -0.39 is 0 Å². The molecule has 0 bridgehead atoms. The summed E-state index contributed by atoms with van der Waals surface area (Å²) in [6.45, 7) is 2.40. The van der Waals surface area contributed by atoms with Crippen LogP contribution in [-0.2, 0) is 12.8 Å². The van der Waals surface area contributed by atoms with Gasteiger partial charge >= 0.3 is 4.87 Å². The Bertz CT molecular complexity index is 1430. The first kappa shape index (κ1) is 20.5. The molecule has 0 amide bonds. The van der Waals surface area contributed by atoms with Crippen molar-refractivity contribution in [3.05, 3.63) is 85.5 Å². The standard InChI is InChI=1S/C24H20N2O4S2/c1-14-18(25-23(30-14)15-5-3-2-4-6-15)9-11-29-19-8-7-16(17-10-12-31-21(17)19)13-20-22(27)26-24(28)32-20/h2-8,10,12,27H,9,11,13H2,1H3,(H,26,28). The highest BCUT2D eigenvalue weighted by Crippen LogP contribution is 2.35. The molecule has 6 nitrogen and oxygen atoms in total. The number of benzene rings is 2. The van der Waals surface area contributed by atoms with Crippen LogP contribution in [0.15, 0.2) is 63.1 Å². The number of aryl methyl sites for hydroxylation is 1. The summed E-state index contributed by atoms with van der Waals surface area (Å²) in [6.07, 6.45) is 1.13. The molecule has 32 heavy (non-hydrogen) atoms. The van der Waals surface area contributed by atoms with E-state index in [4.69, 9.17) is 9.15 Å². The van der Waals surface area contributed by atoms with E-state index in [1.54, 1.807) is 11.3 Å². The fraction of sp³-hybridized carbons (Fsp3) is 0.167. The second-order valence-electron chi connectivity index (χ2n) is 7.34. The second kappa shape index (κ2) is 8.64. The van der Waals surface area contributed by atoms with E-state index >= 15 is 0 Å². The molecule has 0 unspecified atom stereocenters. The van der Waals surface area contributed by atoms with Crippen molar-refractivity contribution < 1.29 is 14.3 Å². The molecule has 5 rings (SSSR count). The number of nitrogens with zero attached hydrogens (tertiary/aromatic N) is 1. The highest BCUT2D eigenvalue weighted by molar-refractivity contribution is 7.17. The van der Waals surface area contributed by atoms with Gasteiger partial charge < -0.3 is 14.3 Å². The summed E-state index contributed by atoms with van der Waals surface area (Å²) in [5.41, 5.74) is 2.89. The molecular formula is C24H20N2O4S2. The minimum Gasteiger partial charge on any atom is -0.494 e. The Labute approximate surface area is 191 Å². The van der Waals surface area contributed by atoms with Gasteiger partial charge in [-0.1, -0.05) is 35.6 Å². The molecule has 0 saturated heterocycles. The summed E-state index contributed by atoms with van der Waals surface area (Å²) in [5.74, 6) is 2.18. The summed E-state index contributed by atoms with van der Waals surface area (Å²) in [5, 5.41) is 13.0. The second-order valence-corrected chi connectivity index (χ2v) is 9.32. The molecule has 0 radical (unpaired) electrons. The number of oxazole rings is 1. The average Bonchev–Trinajstić information content (AvgIpc) is 3.50. The summed E-state index contributed by atoms with van der Waals surface area (Å²) < 4.78 is 13.0. The topological polar surface area (TPSA) is 88.4 Å². The first-order chi connectivity index (χ1) is 15.6. The number of rotatable bonds is 7. The zero-order chi connectivity index (χ0) is 22.1. The maximum Gasteiger partial charge on any atom is 0.307 e. The third-order valence-electron chi connectivity index (χ3n) is 5.23. The molecule has 162 valence electrons. The fourth-order valence-corrected chi connectivity index (χ4v) is 5.29. The minimum absolute atomic E-state index is 0.0541. The van der Waals surface area contributed by atoms with Crippen LogP contribution in [0, 0.1) is 6.92 Å². The van der Waals surface area contributed by atoms with Gasteiger partial charge in [-0.05, 0) is 47.5 Å². The number of aromatic hydroxyl groups is 1. The average molecular weight is 465 g/mol. The fourth-order valence-electron chi connectivity index (χ4n) is 3.63. The Morgan fingerprint density at radius 1 is 1.16 bits per heavy atom. The van der Waals surface area contributed by atoms with Crippen LogP contribution in [0.5, 0.6) is 11.6 Å². The van der Waals surface area contributed by atoms with Gasteiger partial charge in [-0.15, -0.1) is 11.3 Å². The predicted octanol–water partition coefficient (Wildman–Crippen LogP) is 5.53. The van der Waals surface area contributed by atoms with Crippen LogP contribution in [0.1, 0.15) is 21.9 Å². The molecule has 8 heteroatoms. The molecular weight excluding hydrogens is 444 g/mol. The quantitative estimate of drug-likeness (QED) is 0.330. The lowest BCUT2D eigenvalue weighted by atomic mass is 10.1. The van der Waals surface area contributed by atoms with E-state index in [1.165, 1.54) is 0 Å². The van der Waals surface area contributed by atoms with Crippen molar-refractivity contribution >= 4 is 32.8 Å². The van der Waals surface area contributed by atoms with E-state index in [0.29, 0.717) is 30.2 Å². The largest absolute Gasteiger partial charge is 0.494 e. The van der Waals surface area contributed by atoms with Gasteiger partial charge in [0.1, 0.15) is 11.5 Å². The van der Waals surface area contributed by atoms with Gasteiger partial charge in [0.2, 0.25) is 11.8 Å². The van der Waals surface area contributed by atoms with Gasteiger partial charge in [-0.2, -0.15) is 0 Å². The molecule has 3 heterocycles. The van der Waals surface area contributed by atoms with Gasteiger partial charge in [-0.3, -0.25) is 9.78 Å². The number of nitrogens with one attached hydrogen (secondary N) is 1. The van der Waals surface area contributed by atoms with Crippen molar-refractivity contribution in [1.29, 1.82) is 0 Å². The SMILES string of the molecule is Cc1oc(-c2ccccc2)nc1CCOc1ccc(Cc2sc(=O)[nH]c2O)c2ccsc12. The molecule has 0 aliphatic carbocycles. The van der Waals surface area contributed by atoms with E-state index in [-0.39, 0.29) is 10.8 Å². The van der Waals surface area contributed by atoms with Crippen LogP contribution in [0.25, 0.3) is 21.5 Å². The van der Waals surface area contributed by atoms with E-state index in [1.807, 2.05) is 60.8 Å². The number of thiophene rings is 1. The Morgan fingerprint density at radius 2 is 2.00 bits per heavy atom. The zero-order valence-electron chi connectivity index (χ0n) is 17.3. The maximum atomic E-state index is 11.5. The molecule has 0 fully saturated rings. The van der Waals surface area contributed by atoms with E-state index in [2.05, 4.69) is 9.97 Å². The molecule has 0 spiro atoms. The Kier molecular flexibility index (Phi) is 5.55. The van der Waals surface area contributed by atoms with Crippen LogP contribution in [0.3, 0.4) is 0 Å². The molecule has 5 aromatic rings. The predicted molar refractivity (Wildman–Crippen MR) is 127 cm³/mol. The number of thiazole rings is 1. The Morgan fingerprint density at radius 3 is 2.78 bits per heavy atom. The van der Waals surface area contributed by atoms with Gasteiger partial charge in [-0.25, -0.2) is 4.98 Å². The number of H-pyrrole nitrogens is 1. The molecule has 0 saturated carbocycles. The number of hydrogen-bond donors (Lipinski definition) is 2. The Hall–Kier alpha value is -3.36. The van der Waals surface area contributed by atoms with Crippen molar-refractivity contribution in [2.45, 2.75) is 19.8 Å². The highest BCUT2D eigenvalue weighted by atomic mass is 32.1. The van der Waals surface area contributed by atoms with Gasteiger partial charge in [0.05, 0.1) is 21.9 Å².